The van der Waals surface area contributed by atoms with Gasteiger partial charge in [-0.25, -0.2) is 0 Å². The maximum atomic E-state index is 11.3. The van der Waals surface area contributed by atoms with Gasteiger partial charge in [-0.15, -0.1) is 0 Å². The maximum Gasteiger partial charge on any atom is 0.293 e. The zero-order valence-corrected chi connectivity index (χ0v) is 14.0. The van der Waals surface area contributed by atoms with Crippen LogP contribution in [0.2, 0.25) is 0 Å². The summed E-state index contributed by atoms with van der Waals surface area (Å²) in [6, 6.07) is 4.99. The fourth-order valence-corrected chi connectivity index (χ4v) is 3.18. The molecule has 2 N–H and O–H groups in total. The number of nitrogens with one attached hydrogen (secondary N) is 2. The van der Waals surface area contributed by atoms with E-state index in [1.807, 2.05) is 6.07 Å². The van der Waals surface area contributed by atoms with Gasteiger partial charge in [0.05, 0.1) is 28.4 Å². The zero-order valence-electron chi connectivity index (χ0n) is 14.0. The number of rotatable bonds is 7. The van der Waals surface area contributed by atoms with Gasteiger partial charge in [-0.3, -0.25) is 10.1 Å². The van der Waals surface area contributed by atoms with E-state index in [-0.39, 0.29) is 23.5 Å². The molecule has 2 saturated heterocycles. The predicted octanol–water partition coefficient (Wildman–Crippen LogP) is 2.65. The minimum Gasteiger partial charge on any atom is -0.381 e. The van der Waals surface area contributed by atoms with Gasteiger partial charge in [0.1, 0.15) is 11.8 Å². The van der Waals surface area contributed by atoms with Crippen LogP contribution in [0.25, 0.3) is 0 Å². The molecule has 8 heteroatoms. The maximum absolute atomic E-state index is 11.3. The molecule has 134 valence electrons. The Labute approximate surface area is 146 Å². The summed E-state index contributed by atoms with van der Waals surface area (Å²) in [6.07, 6.45) is 4.15. The lowest BCUT2D eigenvalue weighted by atomic mass is 10.1. The molecule has 2 heterocycles. The monoisotopic (exact) mass is 346 g/mol. The Hall–Kier alpha value is -2.37. The van der Waals surface area contributed by atoms with Gasteiger partial charge in [0.15, 0.2) is 0 Å². The number of anilines is 2. The van der Waals surface area contributed by atoms with Gasteiger partial charge >= 0.3 is 0 Å². The summed E-state index contributed by atoms with van der Waals surface area (Å²) in [5.74, 6) is 0. The molecule has 3 rings (SSSR count). The highest BCUT2D eigenvalue weighted by molar-refractivity contribution is 5.74. The van der Waals surface area contributed by atoms with Crippen molar-refractivity contribution in [2.75, 3.05) is 36.9 Å². The fourth-order valence-electron chi connectivity index (χ4n) is 3.18. The summed E-state index contributed by atoms with van der Waals surface area (Å²) in [5.41, 5.74) is 1.14. The minimum absolute atomic E-state index is 0.0681. The van der Waals surface area contributed by atoms with E-state index in [4.69, 9.17) is 9.47 Å². The SMILES string of the molecule is N#Cc1cc([N+](=O)[O-])c(NC[C@H]2CCCO2)cc1NC[C@@H]1CCCO1. The number of benzene rings is 1. The van der Waals surface area contributed by atoms with E-state index in [9.17, 15) is 15.4 Å². The summed E-state index contributed by atoms with van der Waals surface area (Å²) in [4.78, 5) is 10.9. The average molecular weight is 346 g/mol. The van der Waals surface area contributed by atoms with E-state index in [1.54, 1.807) is 6.07 Å². The first-order valence-electron chi connectivity index (χ1n) is 8.61. The molecule has 0 unspecified atom stereocenters. The molecule has 0 aromatic heterocycles. The number of ether oxygens (including phenoxy) is 2. The predicted molar refractivity (Wildman–Crippen MR) is 92.7 cm³/mol. The molecule has 2 atom stereocenters. The fraction of sp³-hybridized carbons (Fsp3) is 0.588. The molecule has 1 aromatic carbocycles. The molecular formula is C17H22N4O4. The second-order valence-corrected chi connectivity index (χ2v) is 6.32. The molecular weight excluding hydrogens is 324 g/mol. The van der Waals surface area contributed by atoms with E-state index < -0.39 is 4.92 Å². The number of hydrogen-bond acceptors (Lipinski definition) is 7. The molecule has 25 heavy (non-hydrogen) atoms. The molecule has 8 nitrogen and oxygen atoms in total. The first-order valence-corrected chi connectivity index (χ1v) is 8.61. The van der Waals surface area contributed by atoms with Crippen LogP contribution < -0.4 is 10.6 Å². The van der Waals surface area contributed by atoms with Gasteiger partial charge in [-0.05, 0) is 31.7 Å². The second-order valence-electron chi connectivity index (χ2n) is 6.32. The Kier molecular flexibility index (Phi) is 5.68. The molecule has 1 aromatic rings. The minimum atomic E-state index is -0.470. The van der Waals surface area contributed by atoms with E-state index in [1.165, 1.54) is 6.07 Å². The summed E-state index contributed by atoms with van der Waals surface area (Å²) < 4.78 is 11.1. The molecule has 0 saturated carbocycles. The van der Waals surface area contributed by atoms with Crippen LogP contribution in [0.3, 0.4) is 0 Å². The topological polar surface area (TPSA) is 109 Å². The molecule has 0 radical (unpaired) electrons. The molecule has 0 aliphatic carbocycles. The molecule has 2 aliphatic heterocycles. The van der Waals surface area contributed by atoms with Crippen molar-refractivity contribution >= 4 is 17.1 Å². The van der Waals surface area contributed by atoms with Crippen LogP contribution in [0.15, 0.2) is 12.1 Å². The Morgan fingerprint density at radius 3 is 2.20 bits per heavy atom. The average Bonchev–Trinajstić information content (AvgIpc) is 3.31. The Balaban J connectivity index is 1.76. The molecule has 0 spiro atoms. The first kappa shape index (κ1) is 17.5. The van der Waals surface area contributed by atoms with Gasteiger partial charge < -0.3 is 20.1 Å². The van der Waals surface area contributed by atoms with Crippen molar-refractivity contribution in [2.24, 2.45) is 0 Å². The molecule has 2 aliphatic rings. The van der Waals surface area contributed by atoms with Gasteiger partial charge in [-0.2, -0.15) is 5.26 Å². The van der Waals surface area contributed by atoms with Crippen molar-refractivity contribution in [3.05, 3.63) is 27.8 Å². The Morgan fingerprint density at radius 1 is 1.12 bits per heavy atom. The van der Waals surface area contributed by atoms with Crippen LogP contribution in [0.4, 0.5) is 17.1 Å². The van der Waals surface area contributed by atoms with Crippen molar-refractivity contribution < 1.29 is 14.4 Å². The normalized spacial score (nSPS) is 22.5. The van der Waals surface area contributed by atoms with Crippen molar-refractivity contribution in [3.8, 4) is 6.07 Å². The van der Waals surface area contributed by atoms with E-state index in [0.717, 1.165) is 38.9 Å². The van der Waals surface area contributed by atoms with Gasteiger partial charge in [0.2, 0.25) is 0 Å². The third kappa shape index (κ3) is 4.38. The van der Waals surface area contributed by atoms with Gasteiger partial charge in [0.25, 0.3) is 5.69 Å². The van der Waals surface area contributed by atoms with Crippen molar-refractivity contribution in [1.29, 1.82) is 5.26 Å². The second kappa shape index (κ2) is 8.14. The van der Waals surface area contributed by atoms with Crippen molar-refractivity contribution in [2.45, 2.75) is 37.9 Å². The van der Waals surface area contributed by atoms with Crippen molar-refractivity contribution in [3.63, 3.8) is 0 Å². The van der Waals surface area contributed by atoms with Gasteiger partial charge in [0, 0.05) is 32.4 Å². The van der Waals surface area contributed by atoms with E-state index in [2.05, 4.69) is 10.6 Å². The number of nitro benzene ring substituents is 1. The third-order valence-electron chi connectivity index (χ3n) is 4.54. The molecule has 2 fully saturated rings. The lowest BCUT2D eigenvalue weighted by Crippen LogP contribution is -2.20. The van der Waals surface area contributed by atoms with E-state index >= 15 is 0 Å². The summed E-state index contributed by atoms with van der Waals surface area (Å²) >= 11 is 0. The molecule has 0 bridgehead atoms. The van der Waals surface area contributed by atoms with Crippen LogP contribution in [0.5, 0.6) is 0 Å². The van der Waals surface area contributed by atoms with Crippen molar-refractivity contribution in [1.82, 2.24) is 0 Å². The molecule has 0 amide bonds. The number of nitro groups is 1. The smallest absolute Gasteiger partial charge is 0.293 e. The van der Waals surface area contributed by atoms with Crippen LogP contribution in [-0.2, 0) is 9.47 Å². The summed E-state index contributed by atoms with van der Waals surface area (Å²) in [7, 11) is 0. The summed E-state index contributed by atoms with van der Waals surface area (Å²) in [5, 5.41) is 27.0. The van der Waals surface area contributed by atoms with Gasteiger partial charge in [-0.1, -0.05) is 0 Å². The van der Waals surface area contributed by atoms with Crippen LogP contribution >= 0.6 is 0 Å². The lowest BCUT2D eigenvalue weighted by Gasteiger charge is -2.16. The lowest BCUT2D eigenvalue weighted by molar-refractivity contribution is -0.384. The standard InChI is InChI=1S/C17H22N4O4/c18-9-12-7-17(21(22)23)16(20-11-14-4-2-6-25-14)8-15(12)19-10-13-3-1-5-24-13/h7-8,13-14,19-20H,1-6,10-11H2/t13-,14+/m0/s1. The van der Waals surface area contributed by atoms with Crippen LogP contribution in [0, 0.1) is 21.4 Å². The van der Waals surface area contributed by atoms with Crippen LogP contribution in [-0.4, -0.2) is 43.4 Å². The first-order chi connectivity index (χ1) is 12.2. The number of hydrogen-bond donors (Lipinski definition) is 2. The highest BCUT2D eigenvalue weighted by Crippen LogP contribution is 2.32. The Bertz CT molecular complexity index is 661. The summed E-state index contributed by atoms with van der Waals surface area (Å²) in [6.45, 7) is 2.58. The number of nitrogens with zero attached hydrogens (tertiary/aromatic N) is 2. The highest BCUT2D eigenvalue weighted by Gasteiger charge is 2.22. The third-order valence-corrected chi connectivity index (χ3v) is 4.54. The Morgan fingerprint density at radius 2 is 1.72 bits per heavy atom. The largest absolute Gasteiger partial charge is 0.381 e. The number of nitriles is 1. The van der Waals surface area contributed by atoms with Crippen LogP contribution in [0.1, 0.15) is 31.2 Å². The quantitative estimate of drug-likeness (QED) is 0.577. The highest BCUT2D eigenvalue weighted by atomic mass is 16.6. The zero-order chi connectivity index (χ0) is 17.6. The van der Waals surface area contributed by atoms with E-state index in [0.29, 0.717) is 24.5 Å².